The summed E-state index contributed by atoms with van der Waals surface area (Å²) in [5, 5.41) is 9.70. The van der Waals surface area contributed by atoms with Gasteiger partial charge in [-0.3, -0.25) is 15.0 Å². The number of carbonyl (C=O) groups excluding carboxylic acids is 1. The van der Waals surface area contributed by atoms with Crippen molar-refractivity contribution in [3.63, 3.8) is 0 Å². The van der Waals surface area contributed by atoms with E-state index in [1.807, 2.05) is 14.0 Å². The fourth-order valence-electron chi connectivity index (χ4n) is 2.24. The normalized spacial score (nSPS) is 20.9. The highest BCUT2D eigenvalue weighted by Crippen LogP contribution is 2.11. The lowest BCUT2D eigenvalue weighted by molar-refractivity contribution is -0.117. The standard InChI is InChI=1S/C12H20N4O2/c1-9-6-12(18-15-9)14-11(17)8-16-5-3-4-10(7-16)13-2/h6,10,13H,3-5,7-8H2,1-2H3,(H,14,17). The Morgan fingerprint density at radius 2 is 2.50 bits per heavy atom. The summed E-state index contributed by atoms with van der Waals surface area (Å²) in [4.78, 5) is 14.0. The van der Waals surface area contributed by atoms with Crippen molar-refractivity contribution in [1.82, 2.24) is 15.4 Å². The van der Waals surface area contributed by atoms with Crippen LogP contribution in [0.3, 0.4) is 0 Å². The molecule has 0 spiro atoms. The van der Waals surface area contributed by atoms with E-state index in [0.29, 0.717) is 18.5 Å². The van der Waals surface area contributed by atoms with E-state index < -0.39 is 0 Å². The lowest BCUT2D eigenvalue weighted by Gasteiger charge is -2.31. The van der Waals surface area contributed by atoms with Crippen molar-refractivity contribution in [3.05, 3.63) is 11.8 Å². The van der Waals surface area contributed by atoms with E-state index >= 15 is 0 Å². The van der Waals surface area contributed by atoms with Crippen molar-refractivity contribution in [2.45, 2.75) is 25.8 Å². The minimum atomic E-state index is -0.0529. The number of hydrogen-bond donors (Lipinski definition) is 2. The van der Waals surface area contributed by atoms with Crippen LogP contribution < -0.4 is 10.6 Å². The summed E-state index contributed by atoms with van der Waals surface area (Å²) in [6.45, 7) is 4.11. The Bertz CT molecular complexity index is 405. The molecule has 1 fully saturated rings. The van der Waals surface area contributed by atoms with Crippen molar-refractivity contribution in [3.8, 4) is 0 Å². The van der Waals surface area contributed by atoms with Gasteiger partial charge < -0.3 is 9.84 Å². The zero-order valence-electron chi connectivity index (χ0n) is 10.9. The number of hydrogen-bond acceptors (Lipinski definition) is 5. The van der Waals surface area contributed by atoms with Crippen molar-refractivity contribution < 1.29 is 9.32 Å². The van der Waals surface area contributed by atoms with Crippen LogP contribution in [0.4, 0.5) is 5.88 Å². The molecule has 0 radical (unpaired) electrons. The molecule has 1 aromatic heterocycles. The van der Waals surface area contributed by atoms with Crippen LogP contribution in [0.2, 0.25) is 0 Å². The predicted octanol–water partition coefficient (Wildman–Crippen LogP) is 0.605. The van der Waals surface area contributed by atoms with Gasteiger partial charge in [0.1, 0.15) is 0 Å². The molecule has 6 heteroatoms. The van der Waals surface area contributed by atoms with E-state index in [9.17, 15) is 4.79 Å². The van der Waals surface area contributed by atoms with Gasteiger partial charge in [0.2, 0.25) is 11.8 Å². The maximum atomic E-state index is 11.8. The number of aromatic nitrogens is 1. The lowest BCUT2D eigenvalue weighted by Crippen LogP contribution is -2.46. The molecule has 0 bridgehead atoms. The number of carbonyl (C=O) groups is 1. The first-order valence-electron chi connectivity index (χ1n) is 6.30. The molecule has 0 saturated carbocycles. The highest BCUT2D eigenvalue weighted by atomic mass is 16.5. The molecule has 0 aromatic carbocycles. The van der Waals surface area contributed by atoms with Gasteiger partial charge in [-0.05, 0) is 33.4 Å². The molecule has 0 aliphatic carbocycles. The van der Waals surface area contributed by atoms with Gasteiger partial charge in [-0.1, -0.05) is 5.16 Å². The Kier molecular flexibility index (Phi) is 4.33. The first-order valence-corrected chi connectivity index (χ1v) is 6.30. The molecule has 1 unspecified atom stereocenters. The van der Waals surface area contributed by atoms with Crippen LogP contribution >= 0.6 is 0 Å². The van der Waals surface area contributed by atoms with Crippen LogP contribution in [0.15, 0.2) is 10.6 Å². The van der Waals surface area contributed by atoms with Crippen molar-refractivity contribution in [1.29, 1.82) is 0 Å². The van der Waals surface area contributed by atoms with Gasteiger partial charge in [-0.25, -0.2) is 0 Å². The largest absolute Gasteiger partial charge is 0.338 e. The maximum Gasteiger partial charge on any atom is 0.240 e. The average molecular weight is 252 g/mol. The smallest absolute Gasteiger partial charge is 0.240 e. The van der Waals surface area contributed by atoms with Crippen LogP contribution in [0, 0.1) is 6.92 Å². The van der Waals surface area contributed by atoms with Gasteiger partial charge in [-0.15, -0.1) is 0 Å². The van der Waals surface area contributed by atoms with Gasteiger partial charge in [0.05, 0.1) is 12.2 Å². The molecule has 2 rings (SSSR count). The molecule has 2 N–H and O–H groups in total. The fourth-order valence-corrected chi connectivity index (χ4v) is 2.24. The van der Waals surface area contributed by atoms with Gasteiger partial charge in [0.15, 0.2) is 0 Å². The summed E-state index contributed by atoms with van der Waals surface area (Å²) >= 11 is 0. The van der Waals surface area contributed by atoms with E-state index in [1.54, 1.807) is 6.07 Å². The molecule has 1 aliphatic heterocycles. The number of likely N-dealkylation sites (N-methyl/N-ethyl adjacent to an activating group) is 1. The minimum Gasteiger partial charge on any atom is -0.338 e. The summed E-state index contributed by atoms with van der Waals surface area (Å²) < 4.78 is 4.95. The first-order chi connectivity index (χ1) is 8.67. The molecule has 6 nitrogen and oxygen atoms in total. The lowest BCUT2D eigenvalue weighted by atomic mass is 10.1. The Balaban J connectivity index is 1.80. The first kappa shape index (κ1) is 13.0. The summed E-state index contributed by atoms with van der Waals surface area (Å²) in [7, 11) is 1.96. The van der Waals surface area contributed by atoms with Crippen molar-refractivity contribution in [2.24, 2.45) is 0 Å². The number of amides is 1. The van der Waals surface area contributed by atoms with Gasteiger partial charge in [0.25, 0.3) is 0 Å². The molecule has 2 heterocycles. The monoisotopic (exact) mass is 252 g/mol. The number of piperidine rings is 1. The zero-order valence-corrected chi connectivity index (χ0v) is 10.9. The highest BCUT2D eigenvalue weighted by Gasteiger charge is 2.20. The third-order valence-electron chi connectivity index (χ3n) is 3.17. The second-order valence-corrected chi connectivity index (χ2v) is 4.74. The average Bonchev–Trinajstić information content (AvgIpc) is 2.74. The quantitative estimate of drug-likeness (QED) is 0.821. The Morgan fingerprint density at radius 3 is 3.17 bits per heavy atom. The highest BCUT2D eigenvalue weighted by molar-refractivity contribution is 5.90. The minimum absolute atomic E-state index is 0.0529. The maximum absolute atomic E-state index is 11.8. The van der Waals surface area contributed by atoms with E-state index in [1.165, 1.54) is 6.42 Å². The summed E-state index contributed by atoms with van der Waals surface area (Å²) in [6, 6.07) is 2.20. The second-order valence-electron chi connectivity index (χ2n) is 4.74. The summed E-state index contributed by atoms with van der Waals surface area (Å²) in [6.07, 6.45) is 2.30. The van der Waals surface area contributed by atoms with Crippen LogP contribution in [0.1, 0.15) is 18.5 Å². The number of nitrogens with one attached hydrogen (secondary N) is 2. The molecule has 100 valence electrons. The second kappa shape index (κ2) is 5.97. The van der Waals surface area contributed by atoms with Gasteiger partial charge in [-0.2, -0.15) is 0 Å². The molecule has 1 amide bonds. The van der Waals surface area contributed by atoms with Crippen LogP contribution in [-0.2, 0) is 4.79 Å². The summed E-state index contributed by atoms with van der Waals surface area (Å²) in [5.74, 6) is 0.363. The predicted molar refractivity (Wildman–Crippen MR) is 68.4 cm³/mol. The molecule has 18 heavy (non-hydrogen) atoms. The Hall–Kier alpha value is -1.40. The molecule has 1 atom stereocenters. The molecular formula is C12H20N4O2. The Labute approximate surface area is 107 Å². The van der Waals surface area contributed by atoms with E-state index in [-0.39, 0.29) is 5.91 Å². The van der Waals surface area contributed by atoms with Crippen molar-refractivity contribution >= 4 is 11.8 Å². The third-order valence-corrected chi connectivity index (χ3v) is 3.17. The van der Waals surface area contributed by atoms with Crippen LogP contribution in [0.5, 0.6) is 0 Å². The zero-order chi connectivity index (χ0) is 13.0. The molecule has 1 saturated heterocycles. The fraction of sp³-hybridized carbons (Fsp3) is 0.667. The topological polar surface area (TPSA) is 70.4 Å². The molecule has 1 aromatic rings. The molecular weight excluding hydrogens is 232 g/mol. The number of anilines is 1. The third kappa shape index (κ3) is 3.54. The molecule has 1 aliphatic rings. The van der Waals surface area contributed by atoms with E-state index in [2.05, 4.69) is 20.7 Å². The van der Waals surface area contributed by atoms with Gasteiger partial charge >= 0.3 is 0 Å². The van der Waals surface area contributed by atoms with Crippen molar-refractivity contribution in [2.75, 3.05) is 32.0 Å². The Morgan fingerprint density at radius 1 is 1.67 bits per heavy atom. The number of nitrogens with zero attached hydrogens (tertiary/aromatic N) is 2. The number of likely N-dealkylation sites (tertiary alicyclic amines) is 1. The van der Waals surface area contributed by atoms with E-state index in [4.69, 9.17) is 4.52 Å². The van der Waals surface area contributed by atoms with Crippen LogP contribution in [0.25, 0.3) is 0 Å². The SMILES string of the molecule is CNC1CCCN(CC(=O)Nc2cc(C)no2)C1. The summed E-state index contributed by atoms with van der Waals surface area (Å²) in [5.41, 5.74) is 0.763. The van der Waals surface area contributed by atoms with E-state index in [0.717, 1.165) is 25.2 Å². The number of rotatable bonds is 4. The number of aryl methyl sites for hydroxylation is 1. The van der Waals surface area contributed by atoms with Crippen LogP contribution in [-0.4, -0.2) is 48.7 Å². The van der Waals surface area contributed by atoms with Gasteiger partial charge in [0, 0.05) is 18.7 Å².